The lowest BCUT2D eigenvalue weighted by Gasteiger charge is -2.13. The molecule has 0 unspecified atom stereocenters. The summed E-state index contributed by atoms with van der Waals surface area (Å²) in [5, 5.41) is 40.2. The van der Waals surface area contributed by atoms with Crippen molar-refractivity contribution < 1.29 is 34.8 Å². The predicted molar refractivity (Wildman–Crippen MR) is 120 cm³/mol. The van der Waals surface area contributed by atoms with Gasteiger partial charge < -0.3 is 25.2 Å². The normalized spacial score (nSPS) is 10.5. The quantitative estimate of drug-likeness (QED) is 0.263. The largest absolute Gasteiger partial charge is 0.508 e. The van der Waals surface area contributed by atoms with E-state index in [9.17, 15) is 30.0 Å². The monoisotopic (exact) mass is 442 g/mol. The van der Waals surface area contributed by atoms with E-state index >= 15 is 0 Å². The molecule has 0 heterocycles. The first-order valence-corrected chi connectivity index (χ1v) is 9.84. The Morgan fingerprint density at radius 1 is 0.545 bits per heavy atom. The molecule has 0 atom stereocenters. The Bertz CT molecular complexity index is 1270. The molecule has 4 aromatic carbocycles. The van der Waals surface area contributed by atoms with Crippen molar-refractivity contribution in [3.63, 3.8) is 0 Å². The molecule has 7 nitrogen and oxygen atoms in total. The molecular weight excluding hydrogens is 424 g/mol. The van der Waals surface area contributed by atoms with Crippen LogP contribution in [-0.4, -0.2) is 32.4 Å². The first kappa shape index (κ1) is 21.5. The summed E-state index contributed by atoms with van der Waals surface area (Å²) < 4.78 is 5.05. The maximum Gasteiger partial charge on any atom is 0.350 e. The SMILES string of the molecule is O=C(OC(=O)c1c(O)cccc1-c1cccc(O)c1)c1c(O)cccc1-c1cccc(O)c1. The van der Waals surface area contributed by atoms with Gasteiger partial charge in [0.05, 0.1) is 0 Å². The average Bonchev–Trinajstić information content (AvgIpc) is 2.78. The zero-order valence-electron chi connectivity index (χ0n) is 17.1. The molecule has 0 amide bonds. The number of phenolic OH excluding ortho intramolecular Hbond substituents is 4. The molecular formula is C26H18O7. The van der Waals surface area contributed by atoms with E-state index in [2.05, 4.69) is 0 Å². The molecule has 4 N–H and O–H groups in total. The number of hydrogen-bond acceptors (Lipinski definition) is 7. The van der Waals surface area contributed by atoms with Crippen molar-refractivity contribution in [2.45, 2.75) is 0 Å². The zero-order chi connectivity index (χ0) is 23.5. The number of rotatable bonds is 4. The van der Waals surface area contributed by atoms with Gasteiger partial charge in [-0.1, -0.05) is 48.5 Å². The molecule has 0 saturated carbocycles. The molecule has 33 heavy (non-hydrogen) atoms. The van der Waals surface area contributed by atoms with Crippen LogP contribution in [0.5, 0.6) is 23.0 Å². The van der Waals surface area contributed by atoms with Crippen LogP contribution in [0, 0.1) is 0 Å². The third-order valence-corrected chi connectivity index (χ3v) is 4.99. The molecule has 0 saturated heterocycles. The van der Waals surface area contributed by atoms with E-state index in [1.54, 1.807) is 24.3 Å². The summed E-state index contributed by atoms with van der Waals surface area (Å²) in [6.45, 7) is 0. The summed E-state index contributed by atoms with van der Waals surface area (Å²) in [5.74, 6) is -3.20. The molecule has 7 heteroatoms. The summed E-state index contributed by atoms with van der Waals surface area (Å²) in [6.07, 6.45) is 0. The van der Waals surface area contributed by atoms with Gasteiger partial charge in [0.25, 0.3) is 0 Å². The third kappa shape index (κ3) is 4.33. The number of ether oxygens (including phenoxy) is 1. The van der Waals surface area contributed by atoms with Gasteiger partial charge in [0.1, 0.15) is 34.1 Å². The van der Waals surface area contributed by atoms with E-state index in [0.717, 1.165) is 0 Å². The Balaban J connectivity index is 1.73. The lowest BCUT2D eigenvalue weighted by Crippen LogP contribution is -2.15. The number of carbonyl (C=O) groups is 2. The molecule has 0 aliphatic carbocycles. The van der Waals surface area contributed by atoms with E-state index in [4.69, 9.17) is 4.74 Å². The highest BCUT2D eigenvalue weighted by atomic mass is 16.6. The molecule has 4 aromatic rings. The van der Waals surface area contributed by atoms with Crippen molar-refractivity contribution in [3.8, 4) is 45.3 Å². The topological polar surface area (TPSA) is 124 Å². The summed E-state index contributed by atoms with van der Waals surface area (Å²) in [4.78, 5) is 25.9. The maximum atomic E-state index is 13.0. The number of esters is 2. The second-order valence-electron chi connectivity index (χ2n) is 7.18. The summed E-state index contributed by atoms with van der Waals surface area (Å²) >= 11 is 0. The van der Waals surface area contributed by atoms with Gasteiger partial charge in [-0.05, 0) is 47.5 Å². The average molecular weight is 442 g/mol. The minimum Gasteiger partial charge on any atom is -0.508 e. The van der Waals surface area contributed by atoms with Crippen LogP contribution in [0.25, 0.3) is 22.3 Å². The molecule has 164 valence electrons. The first-order chi connectivity index (χ1) is 15.8. The van der Waals surface area contributed by atoms with Crippen LogP contribution in [0.3, 0.4) is 0 Å². The summed E-state index contributed by atoms with van der Waals surface area (Å²) in [6, 6.07) is 20.7. The summed E-state index contributed by atoms with van der Waals surface area (Å²) in [7, 11) is 0. The number of carbonyl (C=O) groups excluding carboxylic acids is 2. The lowest BCUT2D eigenvalue weighted by molar-refractivity contribution is 0.0395. The van der Waals surface area contributed by atoms with Crippen molar-refractivity contribution in [2.24, 2.45) is 0 Å². The molecule has 0 bridgehead atoms. The van der Waals surface area contributed by atoms with E-state index in [1.165, 1.54) is 60.7 Å². The van der Waals surface area contributed by atoms with Crippen LogP contribution < -0.4 is 0 Å². The Kier molecular flexibility index (Phi) is 5.69. The Morgan fingerprint density at radius 3 is 1.33 bits per heavy atom. The molecule has 4 rings (SSSR count). The first-order valence-electron chi connectivity index (χ1n) is 9.84. The van der Waals surface area contributed by atoms with Crippen molar-refractivity contribution in [1.82, 2.24) is 0 Å². The highest BCUT2D eigenvalue weighted by molar-refractivity contribution is 6.10. The lowest BCUT2D eigenvalue weighted by atomic mass is 9.98. The fraction of sp³-hybridized carbons (Fsp3) is 0. The van der Waals surface area contributed by atoms with Gasteiger partial charge in [-0.15, -0.1) is 0 Å². The Labute approximate surface area is 188 Å². The number of aromatic hydroxyl groups is 4. The van der Waals surface area contributed by atoms with Gasteiger partial charge in [-0.2, -0.15) is 0 Å². The van der Waals surface area contributed by atoms with Crippen LogP contribution in [0.4, 0.5) is 0 Å². The third-order valence-electron chi connectivity index (χ3n) is 4.99. The van der Waals surface area contributed by atoms with Crippen molar-refractivity contribution in [1.29, 1.82) is 0 Å². The number of hydrogen-bond donors (Lipinski definition) is 4. The van der Waals surface area contributed by atoms with E-state index in [0.29, 0.717) is 11.1 Å². The van der Waals surface area contributed by atoms with Crippen LogP contribution in [0.2, 0.25) is 0 Å². The van der Waals surface area contributed by atoms with Gasteiger partial charge in [0.2, 0.25) is 0 Å². The molecule has 0 fully saturated rings. The van der Waals surface area contributed by atoms with Gasteiger partial charge in [-0.25, -0.2) is 9.59 Å². The fourth-order valence-corrected chi connectivity index (χ4v) is 3.52. The Morgan fingerprint density at radius 2 is 0.939 bits per heavy atom. The van der Waals surface area contributed by atoms with E-state index in [1.807, 2.05) is 0 Å². The molecule has 0 radical (unpaired) electrons. The predicted octanol–water partition coefficient (Wildman–Crippen LogP) is 4.84. The highest BCUT2D eigenvalue weighted by Gasteiger charge is 2.26. The minimum absolute atomic E-state index is 0.0452. The van der Waals surface area contributed by atoms with Gasteiger partial charge in [0, 0.05) is 11.1 Å². The molecule has 0 aromatic heterocycles. The van der Waals surface area contributed by atoms with Crippen molar-refractivity contribution in [3.05, 3.63) is 96.1 Å². The van der Waals surface area contributed by atoms with Crippen molar-refractivity contribution in [2.75, 3.05) is 0 Å². The molecule has 0 spiro atoms. The number of benzene rings is 4. The second kappa shape index (κ2) is 8.76. The number of phenols is 4. The van der Waals surface area contributed by atoms with Gasteiger partial charge in [-0.3, -0.25) is 0 Å². The highest BCUT2D eigenvalue weighted by Crippen LogP contribution is 2.35. The van der Waals surface area contributed by atoms with Gasteiger partial charge >= 0.3 is 11.9 Å². The van der Waals surface area contributed by atoms with E-state index < -0.39 is 23.4 Å². The van der Waals surface area contributed by atoms with Crippen LogP contribution in [-0.2, 0) is 4.74 Å². The fourth-order valence-electron chi connectivity index (χ4n) is 3.52. The van der Waals surface area contributed by atoms with Crippen LogP contribution in [0.15, 0.2) is 84.9 Å². The van der Waals surface area contributed by atoms with Crippen LogP contribution >= 0.6 is 0 Å². The standard InChI is InChI=1S/C26H18O7/c27-17-7-1-5-15(13-17)19-9-3-11-21(29)23(19)25(31)33-26(32)24-20(10-4-12-22(24)30)16-6-2-8-18(28)14-16/h1-14,27-30H. The minimum atomic E-state index is -1.14. The van der Waals surface area contributed by atoms with Crippen LogP contribution in [0.1, 0.15) is 20.7 Å². The molecule has 0 aliphatic heterocycles. The zero-order valence-corrected chi connectivity index (χ0v) is 17.1. The van der Waals surface area contributed by atoms with Gasteiger partial charge in [0.15, 0.2) is 0 Å². The van der Waals surface area contributed by atoms with E-state index in [-0.39, 0.29) is 33.8 Å². The summed E-state index contributed by atoms with van der Waals surface area (Å²) in [5.41, 5.74) is 0.793. The molecule has 0 aliphatic rings. The maximum absolute atomic E-state index is 13.0. The van der Waals surface area contributed by atoms with Crippen molar-refractivity contribution >= 4 is 11.9 Å². The Hall–Kier alpha value is -4.78. The second-order valence-corrected chi connectivity index (χ2v) is 7.18. The smallest absolute Gasteiger partial charge is 0.350 e.